The largest absolute Gasteiger partial charge is 0.486 e. The zero-order valence-corrected chi connectivity index (χ0v) is 35.3. The van der Waals surface area contributed by atoms with E-state index in [1.165, 1.54) is 78.2 Å². The third-order valence-corrected chi connectivity index (χ3v) is 13.5. The number of rotatable bonds is 3. The number of hydrogen-bond acceptors (Lipinski definition) is 4. The van der Waals surface area contributed by atoms with Crippen LogP contribution in [0.2, 0.25) is 0 Å². The Morgan fingerprint density at radius 3 is 1.88 bits per heavy atom. The maximum atomic E-state index is 6.36. The predicted octanol–water partition coefficient (Wildman–Crippen LogP) is 11.1. The summed E-state index contributed by atoms with van der Waals surface area (Å²) in [6.45, 7) is 20.1. The maximum Gasteiger partial charge on any atom is 0.252 e. The molecule has 0 unspecified atom stereocenters. The molecule has 0 aromatic heterocycles. The number of ether oxygens (including phenoxy) is 2. The van der Waals surface area contributed by atoms with Gasteiger partial charge in [-0.1, -0.05) is 103 Å². The van der Waals surface area contributed by atoms with Crippen LogP contribution in [0.1, 0.15) is 81.8 Å². The van der Waals surface area contributed by atoms with Crippen molar-refractivity contribution in [2.75, 3.05) is 23.0 Å². The molecule has 58 heavy (non-hydrogen) atoms. The van der Waals surface area contributed by atoms with Gasteiger partial charge in [-0.05, 0) is 147 Å². The van der Waals surface area contributed by atoms with Gasteiger partial charge in [0.2, 0.25) is 0 Å². The van der Waals surface area contributed by atoms with Gasteiger partial charge in [-0.15, -0.1) is 0 Å². The molecule has 5 heteroatoms. The van der Waals surface area contributed by atoms with Crippen molar-refractivity contribution < 1.29 is 9.47 Å². The van der Waals surface area contributed by atoms with Crippen LogP contribution in [0.5, 0.6) is 11.5 Å². The topological polar surface area (TPSA) is 24.9 Å². The highest BCUT2D eigenvalue weighted by Gasteiger charge is 2.46. The summed E-state index contributed by atoms with van der Waals surface area (Å²) in [6, 6.07) is 39.9. The summed E-state index contributed by atoms with van der Waals surface area (Å²) >= 11 is 0. The van der Waals surface area contributed by atoms with Crippen LogP contribution in [0, 0.1) is 17.8 Å². The summed E-state index contributed by atoms with van der Waals surface area (Å²) < 4.78 is 12.6. The first-order valence-corrected chi connectivity index (χ1v) is 21.4. The second-order valence-corrected chi connectivity index (χ2v) is 20.4. The summed E-state index contributed by atoms with van der Waals surface area (Å²) in [5.41, 5.74) is 22.9. The van der Waals surface area contributed by atoms with Crippen molar-refractivity contribution in [2.45, 2.75) is 86.5 Å². The van der Waals surface area contributed by atoms with Crippen molar-refractivity contribution in [1.29, 1.82) is 0 Å². The second-order valence-electron chi connectivity index (χ2n) is 20.4. The number of nitrogens with zero attached hydrogens (tertiary/aromatic N) is 2. The van der Waals surface area contributed by atoms with Gasteiger partial charge in [0.25, 0.3) is 6.71 Å². The lowest BCUT2D eigenvalue weighted by molar-refractivity contribution is 0.172. The van der Waals surface area contributed by atoms with Crippen molar-refractivity contribution in [3.05, 3.63) is 137 Å². The Balaban J connectivity index is 1.23. The monoisotopic (exact) mass is 760 g/mol. The molecule has 2 aliphatic carbocycles. The first-order chi connectivity index (χ1) is 27.7. The van der Waals surface area contributed by atoms with E-state index in [1.807, 2.05) is 0 Å². The van der Waals surface area contributed by atoms with Crippen LogP contribution in [-0.2, 0) is 31.1 Å². The van der Waals surface area contributed by atoms with E-state index in [0.717, 1.165) is 54.0 Å². The quantitative estimate of drug-likeness (QED) is 0.168. The first-order valence-electron chi connectivity index (χ1n) is 21.4. The zero-order chi connectivity index (χ0) is 39.9. The SMILES string of the molecule is Cc1cc2c3c(c1)N(c1cc4c(cc1-c1ccccc1)OCCO4)c1ccc(C(C)(C)C)cc1B3c1cc3c(cc1N2c1ccc2c(c1)CC(C)(C)C2)CC(C)(C)C3. The summed E-state index contributed by atoms with van der Waals surface area (Å²) in [7, 11) is 0. The number of fused-ring (bicyclic) bond motifs is 7. The minimum atomic E-state index is -0.0217. The van der Waals surface area contributed by atoms with E-state index >= 15 is 0 Å². The molecular weight excluding hydrogens is 707 g/mol. The number of benzene rings is 6. The van der Waals surface area contributed by atoms with Crippen LogP contribution in [-0.4, -0.2) is 19.9 Å². The summed E-state index contributed by atoms with van der Waals surface area (Å²) in [4.78, 5) is 5.18. The minimum Gasteiger partial charge on any atom is -0.486 e. The highest BCUT2D eigenvalue weighted by molar-refractivity contribution is 7.00. The molecular formula is C53H53BN2O2. The van der Waals surface area contributed by atoms with Gasteiger partial charge in [-0.25, -0.2) is 0 Å². The Hall–Kier alpha value is -5.42. The molecule has 0 bridgehead atoms. The van der Waals surface area contributed by atoms with Gasteiger partial charge in [0.05, 0.1) is 5.69 Å². The van der Waals surface area contributed by atoms with E-state index in [2.05, 4.69) is 168 Å². The zero-order valence-electron chi connectivity index (χ0n) is 35.3. The normalized spacial score (nSPS) is 17.7. The smallest absolute Gasteiger partial charge is 0.252 e. The molecule has 3 heterocycles. The lowest BCUT2D eigenvalue weighted by Gasteiger charge is -2.45. The summed E-state index contributed by atoms with van der Waals surface area (Å²) in [6.07, 6.45) is 4.43. The molecule has 4 nitrogen and oxygen atoms in total. The standard InChI is InChI=1S/C53H53BN2O2/c1-32-20-46-50-47(21-32)56(44-27-49-48(57-18-19-58-49)26-40(44)33-12-10-9-11-13-33)43-17-15-38(51(2,3)4)25-42(43)54(50)41-23-36-30-53(7,8)31-37(36)24-45(41)55(46)39-16-14-34-28-52(5,6)29-35(34)22-39/h9-17,20-27H,18-19,28-31H2,1-8H3. The lowest BCUT2D eigenvalue weighted by atomic mass is 9.33. The van der Waals surface area contributed by atoms with Crippen molar-refractivity contribution in [3.63, 3.8) is 0 Å². The number of anilines is 6. The van der Waals surface area contributed by atoms with Gasteiger partial charge in [0.15, 0.2) is 11.5 Å². The third kappa shape index (κ3) is 5.56. The van der Waals surface area contributed by atoms with Gasteiger partial charge in [0.1, 0.15) is 13.2 Å². The molecule has 5 aliphatic rings. The summed E-state index contributed by atoms with van der Waals surface area (Å²) in [5.74, 6) is 1.60. The van der Waals surface area contributed by atoms with Gasteiger partial charge in [-0.3, -0.25) is 0 Å². The van der Waals surface area contributed by atoms with Gasteiger partial charge < -0.3 is 19.3 Å². The molecule has 6 aromatic rings. The number of aryl methyl sites for hydroxylation is 1. The van der Waals surface area contributed by atoms with Gasteiger partial charge >= 0.3 is 0 Å². The molecule has 0 spiro atoms. The van der Waals surface area contributed by atoms with E-state index in [0.29, 0.717) is 13.2 Å². The fourth-order valence-electron chi connectivity index (χ4n) is 11.0. The number of hydrogen-bond donors (Lipinski definition) is 0. The van der Waals surface area contributed by atoms with E-state index in [1.54, 1.807) is 0 Å². The Morgan fingerprint density at radius 2 is 1.17 bits per heavy atom. The van der Waals surface area contributed by atoms with E-state index < -0.39 is 0 Å². The first kappa shape index (κ1) is 35.7. The Bertz CT molecular complexity index is 2700. The van der Waals surface area contributed by atoms with Crippen molar-refractivity contribution in [3.8, 4) is 22.6 Å². The maximum absolute atomic E-state index is 6.36. The van der Waals surface area contributed by atoms with Crippen LogP contribution in [0.4, 0.5) is 34.1 Å². The van der Waals surface area contributed by atoms with Gasteiger partial charge in [-0.2, -0.15) is 0 Å². The van der Waals surface area contributed by atoms with Crippen LogP contribution in [0.3, 0.4) is 0 Å². The molecule has 0 radical (unpaired) electrons. The van der Waals surface area contributed by atoms with Crippen molar-refractivity contribution in [2.24, 2.45) is 10.8 Å². The molecule has 0 amide bonds. The minimum absolute atomic E-state index is 0.0217. The highest BCUT2D eigenvalue weighted by Crippen LogP contribution is 2.51. The fourth-order valence-corrected chi connectivity index (χ4v) is 11.0. The Kier molecular flexibility index (Phi) is 7.58. The lowest BCUT2D eigenvalue weighted by Crippen LogP contribution is -2.61. The average molecular weight is 761 g/mol. The molecule has 3 aliphatic heterocycles. The molecule has 0 saturated carbocycles. The average Bonchev–Trinajstić information content (AvgIpc) is 3.67. The van der Waals surface area contributed by atoms with Gasteiger partial charge in [0, 0.05) is 40.1 Å². The Morgan fingerprint density at radius 1 is 0.552 bits per heavy atom. The molecule has 0 fully saturated rings. The van der Waals surface area contributed by atoms with E-state index in [9.17, 15) is 0 Å². The second kappa shape index (κ2) is 12.3. The van der Waals surface area contributed by atoms with Crippen LogP contribution < -0.4 is 35.7 Å². The molecule has 0 N–H and O–H groups in total. The van der Waals surface area contributed by atoms with Crippen molar-refractivity contribution in [1.82, 2.24) is 0 Å². The molecule has 0 atom stereocenters. The highest BCUT2D eigenvalue weighted by atomic mass is 16.6. The third-order valence-electron chi connectivity index (χ3n) is 13.5. The molecule has 0 saturated heterocycles. The van der Waals surface area contributed by atoms with Crippen LogP contribution in [0.15, 0.2) is 103 Å². The van der Waals surface area contributed by atoms with Crippen molar-refractivity contribution >= 4 is 57.2 Å². The summed E-state index contributed by atoms with van der Waals surface area (Å²) in [5, 5.41) is 0. The molecule has 290 valence electrons. The molecule has 11 rings (SSSR count). The van der Waals surface area contributed by atoms with E-state index in [-0.39, 0.29) is 23.0 Å². The predicted molar refractivity (Wildman–Crippen MR) is 243 cm³/mol. The van der Waals surface area contributed by atoms with Crippen LogP contribution >= 0.6 is 0 Å². The Labute approximate surface area is 344 Å². The fraction of sp³-hybridized carbons (Fsp3) is 0.321. The van der Waals surface area contributed by atoms with E-state index in [4.69, 9.17) is 9.47 Å². The molecule has 6 aromatic carbocycles. The van der Waals surface area contributed by atoms with Crippen LogP contribution in [0.25, 0.3) is 11.1 Å².